The van der Waals surface area contributed by atoms with E-state index in [-0.39, 0.29) is 17.5 Å². The molecule has 0 aromatic carbocycles. The van der Waals surface area contributed by atoms with Gasteiger partial charge in [0.15, 0.2) is 0 Å². The van der Waals surface area contributed by atoms with Gasteiger partial charge in [0, 0.05) is 24.5 Å². The van der Waals surface area contributed by atoms with E-state index in [4.69, 9.17) is 5.73 Å². The van der Waals surface area contributed by atoms with E-state index in [9.17, 15) is 4.79 Å². The molecule has 0 radical (unpaired) electrons. The molecule has 4 nitrogen and oxygen atoms in total. The van der Waals surface area contributed by atoms with Crippen LogP contribution < -0.4 is 11.1 Å². The number of rotatable bonds is 6. The van der Waals surface area contributed by atoms with E-state index in [0.717, 1.165) is 6.54 Å². The van der Waals surface area contributed by atoms with Crippen LogP contribution in [0.3, 0.4) is 0 Å². The molecule has 1 atom stereocenters. The zero-order chi connectivity index (χ0) is 13.1. The molecule has 1 saturated carbocycles. The standard InChI is InChI=1S/C13H27N3O/c1-10(2)11(14)8-12(17)15-9-13(16(3)4)6-5-7-13/h10-11H,5-9,14H2,1-4H3,(H,15,17). The Labute approximate surface area is 105 Å². The summed E-state index contributed by atoms with van der Waals surface area (Å²) in [6.45, 7) is 4.85. The van der Waals surface area contributed by atoms with Gasteiger partial charge in [-0.3, -0.25) is 4.79 Å². The molecular weight excluding hydrogens is 214 g/mol. The van der Waals surface area contributed by atoms with Crippen LogP contribution in [0.2, 0.25) is 0 Å². The molecule has 0 aliphatic heterocycles. The average molecular weight is 241 g/mol. The molecule has 1 amide bonds. The van der Waals surface area contributed by atoms with Crippen molar-refractivity contribution in [1.82, 2.24) is 10.2 Å². The van der Waals surface area contributed by atoms with Crippen LogP contribution in [0, 0.1) is 5.92 Å². The molecule has 0 heterocycles. The van der Waals surface area contributed by atoms with Crippen molar-refractivity contribution in [2.45, 2.75) is 51.1 Å². The van der Waals surface area contributed by atoms with Crippen molar-refractivity contribution in [2.75, 3.05) is 20.6 Å². The topological polar surface area (TPSA) is 58.4 Å². The second kappa shape index (κ2) is 5.83. The Balaban J connectivity index is 2.32. The van der Waals surface area contributed by atoms with Crippen molar-refractivity contribution in [3.63, 3.8) is 0 Å². The predicted molar refractivity (Wildman–Crippen MR) is 70.7 cm³/mol. The Morgan fingerprint density at radius 2 is 2.00 bits per heavy atom. The van der Waals surface area contributed by atoms with E-state index in [0.29, 0.717) is 12.3 Å². The first-order chi connectivity index (χ1) is 7.87. The van der Waals surface area contributed by atoms with Gasteiger partial charge in [0.2, 0.25) is 5.91 Å². The van der Waals surface area contributed by atoms with Gasteiger partial charge in [-0.05, 0) is 39.3 Å². The molecule has 0 saturated heterocycles. The molecule has 0 bridgehead atoms. The lowest BCUT2D eigenvalue weighted by Gasteiger charge is -2.47. The quantitative estimate of drug-likeness (QED) is 0.728. The van der Waals surface area contributed by atoms with Gasteiger partial charge >= 0.3 is 0 Å². The molecular formula is C13H27N3O. The number of hydrogen-bond donors (Lipinski definition) is 2. The number of nitrogens with zero attached hydrogens (tertiary/aromatic N) is 1. The minimum absolute atomic E-state index is 0.0355. The maximum Gasteiger partial charge on any atom is 0.221 e. The summed E-state index contributed by atoms with van der Waals surface area (Å²) in [7, 11) is 4.18. The summed E-state index contributed by atoms with van der Waals surface area (Å²) >= 11 is 0. The van der Waals surface area contributed by atoms with Gasteiger partial charge in [0.1, 0.15) is 0 Å². The largest absolute Gasteiger partial charge is 0.354 e. The molecule has 1 rings (SSSR count). The normalized spacial score (nSPS) is 20.2. The molecule has 17 heavy (non-hydrogen) atoms. The lowest BCUT2D eigenvalue weighted by molar-refractivity contribution is -0.122. The monoisotopic (exact) mass is 241 g/mol. The Morgan fingerprint density at radius 1 is 1.41 bits per heavy atom. The van der Waals surface area contributed by atoms with Crippen molar-refractivity contribution >= 4 is 5.91 Å². The fraction of sp³-hybridized carbons (Fsp3) is 0.923. The van der Waals surface area contributed by atoms with Crippen LogP contribution in [0.4, 0.5) is 0 Å². The summed E-state index contributed by atoms with van der Waals surface area (Å²) in [5.41, 5.74) is 6.08. The number of nitrogens with two attached hydrogens (primary N) is 1. The molecule has 1 unspecified atom stereocenters. The van der Waals surface area contributed by atoms with Crippen molar-refractivity contribution in [3.05, 3.63) is 0 Å². The zero-order valence-electron chi connectivity index (χ0n) is 11.6. The number of amides is 1. The number of likely N-dealkylation sites (N-methyl/N-ethyl adjacent to an activating group) is 1. The van der Waals surface area contributed by atoms with Crippen molar-refractivity contribution in [2.24, 2.45) is 11.7 Å². The van der Waals surface area contributed by atoms with Crippen molar-refractivity contribution < 1.29 is 4.79 Å². The van der Waals surface area contributed by atoms with Gasteiger partial charge in [0.25, 0.3) is 0 Å². The summed E-state index contributed by atoms with van der Waals surface area (Å²) < 4.78 is 0. The summed E-state index contributed by atoms with van der Waals surface area (Å²) in [4.78, 5) is 14.0. The minimum Gasteiger partial charge on any atom is -0.354 e. The third-order valence-corrected chi connectivity index (χ3v) is 4.12. The van der Waals surface area contributed by atoms with Crippen LogP contribution in [0.1, 0.15) is 39.5 Å². The van der Waals surface area contributed by atoms with Gasteiger partial charge in [0.05, 0.1) is 0 Å². The maximum atomic E-state index is 11.8. The zero-order valence-corrected chi connectivity index (χ0v) is 11.6. The first kappa shape index (κ1) is 14.5. The summed E-state index contributed by atoms with van der Waals surface area (Å²) in [5.74, 6) is 0.437. The van der Waals surface area contributed by atoms with Crippen LogP contribution >= 0.6 is 0 Å². The smallest absolute Gasteiger partial charge is 0.221 e. The molecule has 1 aliphatic carbocycles. The number of hydrogen-bond acceptors (Lipinski definition) is 3. The third kappa shape index (κ3) is 3.68. The molecule has 3 N–H and O–H groups in total. The Morgan fingerprint density at radius 3 is 2.35 bits per heavy atom. The highest BCUT2D eigenvalue weighted by Gasteiger charge is 2.39. The van der Waals surface area contributed by atoms with Gasteiger partial charge in [-0.15, -0.1) is 0 Å². The molecule has 0 aromatic heterocycles. The summed E-state index contributed by atoms with van der Waals surface area (Å²) in [6.07, 6.45) is 4.05. The Bertz CT molecular complexity index is 259. The molecule has 100 valence electrons. The second-order valence-corrected chi connectivity index (χ2v) is 5.86. The van der Waals surface area contributed by atoms with Gasteiger partial charge in [-0.25, -0.2) is 0 Å². The predicted octanol–water partition coefficient (Wildman–Crippen LogP) is 0.960. The van der Waals surface area contributed by atoms with Crippen LogP contribution in [0.25, 0.3) is 0 Å². The van der Waals surface area contributed by atoms with E-state index >= 15 is 0 Å². The maximum absolute atomic E-state index is 11.8. The lowest BCUT2D eigenvalue weighted by atomic mass is 9.75. The van der Waals surface area contributed by atoms with Crippen molar-refractivity contribution in [1.29, 1.82) is 0 Å². The average Bonchev–Trinajstić information content (AvgIpc) is 2.14. The highest BCUT2D eigenvalue weighted by Crippen LogP contribution is 2.35. The highest BCUT2D eigenvalue weighted by atomic mass is 16.1. The van der Waals surface area contributed by atoms with Gasteiger partial charge < -0.3 is 16.0 Å². The van der Waals surface area contributed by atoms with E-state index in [2.05, 4.69) is 24.3 Å². The van der Waals surface area contributed by atoms with Crippen LogP contribution in [0.15, 0.2) is 0 Å². The van der Waals surface area contributed by atoms with E-state index < -0.39 is 0 Å². The summed E-state index contributed by atoms with van der Waals surface area (Å²) in [6, 6.07) is -0.0355. The van der Waals surface area contributed by atoms with Crippen molar-refractivity contribution in [3.8, 4) is 0 Å². The fourth-order valence-electron chi connectivity index (χ4n) is 2.15. The molecule has 0 aromatic rings. The first-order valence-corrected chi connectivity index (χ1v) is 6.57. The molecule has 1 fully saturated rings. The van der Waals surface area contributed by atoms with Crippen LogP contribution in [-0.2, 0) is 4.79 Å². The Hall–Kier alpha value is -0.610. The second-order valence-electron chi connectivity index (χ2n) is 5.86. The molecule has 1 aliphatic rings. The van der Waals surface area contributed by atoms with Crippen LogP contribution in [-0.4, -0.2) is 43.0 Å². The molecule has 4 heteroatoms. The van der Waals surface area contributed by atoms with Crippen LogP contribution in [0.5, 0.6) is 0 Å². The summed E-state index contributed by atoms with van der Waals surface area (Å²) in [5, 5.41) is 3.03. The number of carbonyl (C=O) groups excluding carboxylic acids is 1. The van der Waals surface area contributed by atoms with Gasteiger partial charge in [-0.2, -0.15) is 0 Å². The number of nitrogens with one attached hydrogen (secondary N) is 1. The van der Waals surface area contributed by atoms with E-state index in [1.54, 1.807) is 0 Å². The Kier molecular flexibility index (Phi) is 4.95. The van der Waals surface area contributed by atoms with Gasteiger partial charge in [-0.1, -0.05) is 13.8 Å². The number of carbonyl (C=O) groups is 1. The van der Waals surface area contributed by atoms with E-state index in [1.165, 1.54) is 19.3 Å². The minimum atomic E-state index is -0.0355. The highest BCUT2D eigenvalue weighted by molar-refractivity contribution is 5.76. The third-order valence-electron chi connectivity index (χ3n) is 4.12. The lowest BCUT2D eigenvalue weighted by Crippen LogP contribution is -2.57. The molecule has 0 spiro atoms. The SMILES string of the molecule is CC(C)C(N)CC(=O)NCC1(N(C)C)CCC1. The fourth-order valence-corrected chi connectivity index (χ4v) is 2.15. The first-order valence-electron chi connectivity index (χ1n) is 6.57. The van der Waals surface area contributed by atoms with E-state index in [1.807, 2.05) is 13.8 Å².